The van der Waals surface area contributed by atoms with E-state index in [1.165, 1.54) is 18.5 Å². The maximum atomic E-state index is 4.48. The Bertz CT molecular complexity index is 923. The summed E-state index contributed by atoms with van der Waals surface area (Å²) in [5.41, 5.74) is 2.16. The van der Waals surface area contributed by atoms with E-state index in [1.54, 1.807) is 11.0 Å². The number of hydrogen-bond donors (Lipinski definition) is 0. The van der Waals surface area contributed by atoms with Crippen LogP contribution in [0, 0.1) is 6.92 Å². The molecule has 3 aromatic rings. The summed E-state index contributed by atoms with van der Waals surface area (Å²) in [5.74, 6) is 3.34. The Labute approximate surface area is 157 Å². The number of aryl methyl sites for hydroxylation is 1. The fraction of sp³-hybridized carbons (Fsp3) is 0.421. The number of nitrogens with zero attached hydrogens (tertiary/aromatic N) is 8. The van der Waals surface area contributed by atoms with Gasteiger partial charge in [-0.1, -0.05) is 0 Å². The van der Waals surface area contributed by atoms with Gasteiger partial charge < -0.3 is 9.80 Å². The van der Waals surface area contributed by atoms with Crippen molar-refractivity contribution in [3.05, 3.63) is 48.2 Å². The molecule has 0 amide bonds. The molecule has 4 heterocycles. The summed E-state index contributed by atoms with van der Waals surface area (Å²) in [6.07, 6.45) is 6.12. The van der Waals surface area contributed by atoms with E-state index in [0.717, 1.165) is 49.3 Å². The van der Waals surface area contributed by atoms with Gasteiger partial charge in [0.1, 0.15) is 12.1 Å². The molecule has 0 unspecified atom stereocenters. The number of hydrogen-bond acceptors (Lipinski definition) is 7. The molecule has 0 N–H and O–H groups in total. The van der Waals surface area contributed by atoms with Crippen molar-refractivity contribution < 1.29 is 0 Å². The van der Waals surface area contributed by atoms with Gasteiger partial charge in [-0.05, 0) is 38.0 Å². The van der Waals surface area contributed by atoms with Crippen molar-refractivity contribution in [3.63, 3.8) is 0 Å². The third kappa shape index (κ3) is 3.34. The second-order valence-corrected chi connectivity index (χ2v) is 7.20. The van der Waals surface area contributed by atoms with Crippen molar-refractivity contribution in [1.29, 1.82) is 0 Å². The van der Waals surface area contributed by atoms with Gasteiger partial charge in [0.15, 0.2) is 11.6 Å². The van der Waals surface area contributed by atoms with Gasteiger partial charge in [-0.3, -0.25) is 0 Å². The average molecular weight is 362 g/mol. The normalized spacial score (nSPS) is 17.4. The molecule has 2 aliphatic rings. The van der Waals surface area contributed by atoms with Crippen molar-refractivity contribution in [3.8, 4) is 5.82 Å². The van der Waals surface area contributed by atoms with Gasteiger partial charge in [0.05, 0.1) is 5.69 Å². The van der Waals surface area contributed by atoms with Crippen LogP contribution < -0.4 is 9.80 Å². The lowest BCUT2D eigenvalue weighted by atomic mass is 10.2. The maximum Gasteiger partial charge on any atom is 0.175 e. The fourth-order valence-corrected chi connectivity index (χ4v) is 3.45. The Morgan fingerprint density at radius 1 is 0.852 bits per heavy atom. The molecule has 0 radical (unpaired) electrons. The van der Waals surface area contributed by atoms with Crippen LogP contribution in [0.1, 0.15) is 30.1 Å². The highest BCUT2D eigenvalue weighted by atomic mass is 15.4. The lowest BCUT2D eigenvalue weighted by molar-refractivity contribution is 0.635. The fourth-order valence-electron chi connectivity index (χ4n) is 3.45. The first-order valence-electron chi connectivity index (χ1n) is 9.44. The second kappa shape index (κ2) is 6.61. The van der Waals surface area contributed by atoms with Crippen LogP contribution in [0.3, 0.4) is 0 Å². The molecule has 27 heavy (non-hydrogen) atoms. The first-order chi connectivity index (χ1) is 13.3. The summed E-state index contributed by atoms with van der Waals surface area (Å²) < 4.78 is 1.75. The summed E-state index contributed by atoms with van der Waals surface area (Å²) in [6.45, 7) is 5.60. The summed E-state index contributed by atoms with van der Waals surface area (Å²) in [6, 6.07) is 8.10. The Hall–Kier alpha value is -3.03. The third-order valence-electron chi connectivity index (χ3n) is 5.19. The third-order valence-corrected chi connectivity index (χ3v) is 5.19. The molecule has 5 rings (SSSR count). The lowest BCUT2D eigenvalue weighted by Crippen LogP contribution is -2.47. The molecule has 0 atom stereocenters. The van der Waals surface area contributed by atoms with Crippen LogP contribution >= 0.6 is 0 Å². The predicted octanol–water partition coefficient (Wildman–Crippen LogP) is 1.96. The van der Waals surface area contributed by atoms with E-state index in [9.17, 15) is 0 Å². The predicted molar refractivity (Wildman–Crippen MR) is 102 cm³/mol. The summed E-state index contributed by atoms with van der Waals surface area (Å²) >= 11 is 0. The zero-order valence-corrected chi connectivity index (χ0v) is 15.4. The Morgan fingerprint density at radius 2 is 1.56 bits per heavy atom. The monoisotopic (exact) mass is 362 g/mol. The van der Waals surface area contributed by atoms with E-state index < -0.39 is 0 Å². The van der Waals surface area contributed by atoms with Crippen molar-refractivity contribution in [2.24, 2.45) is 0 Å². The minimum atomic E-state index is 0.653. The van der Waals surface area contributed by atoms with Crippen molar-refractivity contribution in [1.82, 2.24) is 29.9 Å². The summed E-state index contributed by atoms with van der Waals surface area (Å²) in [7, 11) is 0. The van der Waals surface area contributed by atoms with Crippen LogP contribution in [0.25, 0.3) is 5.82 Å². The van der Waals surface area contributed by atoms with Gasteiger partial charge in [-0.2, -0.15) is 5.10 Å². The quantitative estimate of drug-likeness (QED) is 0.702. The molecule has 1 saturated carbocycles. The smallest absolute Gasteiger partial charge is 0.175 e. The van der Waals surface area contributed by atoms with Gasteiger partial charge >= 0.3 is 0 Å². The molecule has 3 aromatic heterocycles. The molecule has 8 nitrogen and oxygen atoms in total. The molecule has 0 spiro atoms. The summed E-state index contributed by atoms with van der Waals surface area (Å²) in [4.78, 5) is 13.5. The van der Waals surface area contributed by atoms with Crippen LogP contribution in [-0.4, -0.2) is 56.1 Å². The Kier molecular flexibility index (Phi) is 3.95. The van der Waals surface area contributed by atoms with Crippen LogP contribution in [-0.2, 0) is 0 Å². The number of aromatic nitrogens is 6. The molecule has 0 aromatic carbocycles. The molecule has 8 heteroatoms. The van der Waals surface area contributed by atoms with Gasteiger partial charge in [-0.15, -0.1) is 10.2 Å². The van der Waals surface area contributed by atoms with Gasteiger partial charge in [-0.25, -0.2) is 14.6 Å². The lowest BCUT2D eigenvalue weighted by Gasteiger charge is -2.35. The SMILES string of the molecule is Cc1ccn(-c2ccc(N3CCN(c4cc(C5CC5)ncn4)CC3)nn2)n1. The van der Waals surface area contributed by atoms with Gasteiger partial charge in [0.25, 0.3) is 0 Å². The highest BCUT2D eigenvalue weighted by Crippen LogP contribution is 2.39. The van der Waals surface area contributed by atoms with E-state index in [1.807, 2.05) is 31.3 Å². The molecule has 2 fully saturated rings. The first kappa shape index (κ1) is 16.2. The Morgan fingerprint density at radius 3 is 2.19 bits per heavy atom. The van der Waals surface area contributed by atoms with E-state index in [-0.39, 0.29) is 0 Å². The minimum Gasteiger partial charge on any atom is -0.353 e. The number of piperazine rings is 1. The molecular weight excluding hydrogens is 340 g/mol. The van der Waals surface area contributed by atoms with Gasteiger partial charge in [0, 0.05) is 50.1 Å². The Balaban J connectivity index is 1.24. The molecule has 1 saturated heterocycles. The molecule has 1 aliphatic heterocycles. The topological polar surface area (TPSA) is 75.9 Å². The van der Waals surface area contributed by atoms with Crippen molar-refractivity contribution in [2.45, 2.75) is 25.7 Å². The van der Waals surface area contributed by atoms with Crippen molar-refractivity contribution >= 4 is 11.6 Å². The minimum absolute atomic E-state index is 0.653. The molecule has 0 bridgehead atoms. The number of rotatable bonds is 4. The van der Waals surface area contributed by atoms with Crippen LogP contribution in [0.4, 0.5) is 11.6 Å². The molecule has 138 valence electrons. The molecule has 1 aliphatic carbocycles. The summed E-state index contributed by atoms with van der Waals surface area (Å²) in [5, 5.41) is 13.1. The van der Waals surface area contributed by atoms with E-state index in [2.05, 4.69) is 41.1 Å². The largest absolute Gasteiger partial charge is 0.353 e. The van der Waals surface area contributed by atoms with E-state index in [0.29, 0.717) is 5.92 Å². The average Bonchev–Trinajstić information content (AvgIpc) is 3.49. The van der Waals surface area contributed by atoms with E-state index in [4.69, 9.17) is 0 Å². The second-order valence-electron chi connectivity index (χ2n) is 7.20. The van der Waals surface area contributed by atoms with Crippen LogP contribution in [0.15, 0.2) is 36.8 Å². The first-order valence-corrected chi connectivity index (χ1v) is 9.44. The molecular formula is C19H22N8. The van der Waals surface area contributed by atoms with Gasteiger partial charge in [0.2, 0.25) is 0 Å². The zero-order chi connectivity index (χ0) is 18.2. The van der Waals surface area contributed by atoms with Crippen LogP contribution in [0.2, 0.25) is 0 Å². The highest BCUT2D eigenvalue weighted by molar-refractivity contribution is 5.46. The maximum absolute atomic E-state index is 4.48. The zero-order valence-electron chi connectivity index (χ0n) is 15.4. The van der Waals surface area contributed by atoms with E-state index >= 15 is 0 Å². The van der Waals surface area contributed by atoms with Crippen molar-refractivity contribution in [2.75, 3.05) is 36.0 Å². The van der Waals surface area contributed by atoms with Crippen LogP contribution in [0.5, 0.6) is 0 Å². The standard InChI is InChI=1S/C19H22N8/c1-14-6-7-27(24-14)18-5-4-17(22-23-18)25-8-10-26(11-9-25)19-12-16(15-2-3-15)20-13-21-19/h4-7,12-13,15H,2-3,8-11H2,1H3. The number of anilines is 2. The highest BCUT2D eigenvalue weighted by Gasteiger charge is 2.26.